The van der Waals surface area contributed by atoms with E-state index in [1.807, 2.05) is 11.8 Å². The number of rotatable bonds is 4. The zero-order valence-electron chi connectivity index (χ0n) is 11.6. The topological polar surface area (TPSA) is 63.4 Å². The zero-order valence-corrected chi connectivity index (χ0v) is 14.8. The molecule has 116 valence electrons. The van der Waals surface area contributed by atoms with Gasteiger partial charge < -0.3 is 5.73 Å². The van der Waals surface area contributed by atoms with Crippen molar-refractivity contribution in [1.29, 1.82) is 0 Å². The number of sulfonamides is 1. The molecule has 1 atom stereocenters. The van der Waals surface area contributed by atoms with E-state index in [0.717, 1.165) is 12.2 Å². The molecule has 8 heteroatoms. The SMILES string of the molecule is CCC1CN(S(=O)(=O)c2ccc(C(N)=S)cc2Cl)CCS1. The largest absolute Gasteiger partial charge is 0.389 e. The van der Waals surface area contributed by atoms with Gasteiger partial charge in [-0.1, -0.05) is 36.8 Å². The maximum Gasteiger partial charge on any atom is 0.244 e. The molecule has 0 aromatic heterocycles. The van der Waals surface area contributed by atoms with E-state index in [4.69, 9.17) is 29.6 Å². The van der Waals surface area contributed by atoms with Crippen molar-refractivity contribution in [3.63, 3.8) is 0 Å². The van der Waals surface area contributed by atoms with Crippen molar-refractivity contribution in [2.75, 3.05) is 18.8 Å². The molecule has 21 heavy (non-hydrogen) atoms. The lowest BCUT2D eigenvalue weighted by molar-refractivity contribution is 0.416. The average Bonchev–Trinajstić information content (AvgIpc) is 2.46. The number of thioether (sulfide) groups is 1. The Balaban J connectivity index is 2.33. The Morgan fingerprint density at radius 1 is 1.57 bits per heavy atom. The van der Waals surface area contributed by atoms with Crippen molar-refractivity contribution in [3.05, 3.63) is 28.8 Å². The van der Waals surface area contributed by atoms with Gasteiger partial charge >= 0.3 is 0 Å². The molecule has 1 aliphatic rings. The Labute approximate surface area is 140 Å². The van der Waals surface area contributed by atoms with E-state index in [-0.39, 0.29) is 14.9 Å². The number of thiocarbonyl (C=S) groups is 1. The van der Waals surface area contributed by atoms with Gasteiger partial charge in [0.2, 0.25) is 10.0 Å². The standard InChI is InChI=1S/C13H17ClN2O2S3/c1-2-10-8-16(5-6-20-10)21(17,18)12-4-3-9(13(15)19)7-11(12)14/h3-4,7,10H,2,5-6,8H2,1H3,(H2,15,19). The number of nitrogens with two attached hydrogens (primary N) is 1. The van der Waals surface area contributed by atoms with Crippen molar-refractivity contribution in [3.8, 4) is 0 Å². The number of halogens is 1. The summed E-state index contributed by atoms with van der Waals surface area (Å²) in [5, 5.41) is 0.495. The molecule has 0 radical (unpaired) electrons. The predicted octanol–water partition coefficient (Wildman–Crippen LogP) is 2.49. The van der Waals surface area contributed by atoms with Crippen LogP contribution in [0.5, 0.6) is 0 Å². The second-order valence-electron chi connectivity index (χ2n) is 4.77. The fraction of sp³-hybridized carbons (Fsp3) is 0.462. The molecular formula is C13H17ClN2O2S3. The molecule has 1 fully saturated rings. The van der Waals surface area contributed by atoms with Crippen LogP contribution in [0.3, 0.4) is 0 Å². The summed E-state index contributed by atoms with van der Waals surface area (Å²) in [5.41, 5.74) is 6.10. The van der Waals surface area contributed by atoms with Gasteiger partial charge in [-0.2, -0.15) is 16.1 Å². The van der Waals surface area contributed by atoms with Crippen molar-refractivity contribution in [1.82, 2.24) is 4.31 Å². The highest BCUT2D eigenvalue weighted by molar-refractivity contribution is 8.00. The normalized spacial score (nSPS) is 20.4. The van der Waals surface area contributed by atoms with E-state index in [2.05, 4.69) is 6.92 Å². The minimum atomic E-state index is -3.57. The Hall–Kier alpha value is -0.340. The van der Waals surface area contributed by atoms with Crippen LogP contribution >= 0.6 is 35.6 Å². The molecule has 0 aliphatic carbocycles. The summed E-state index contributed by atoms with van der Waals surface area (Å²) in [7, 11) is -3.57. The van der Waals surface area contributed by atoms with Crippen LogP contribution < -0.4 is 5.73 Å². The second-order valence-corrected chi connectivity index (χ2v) is 8.94. The monoisotopic (exact) mass is 364 g/mol. The molecule has 1 saturated heterocycles. The summed E-state index contributed by atoms with van der Waals surface area (Å²) in [6, 6.07) is 4.58. The minimum Gasteiger partial charge on any atom is -0.389 e. The summed E-state index contributed by atoms with van der Waals surface area (Å²) >= 11 is 12.8. The molecule has 1 aliphatic heterocycles. The molecule has 2 N–H and O–H groups in total. The second kappa shape index (κ2) is 6.83. The molecule has 0 spiro atoms. The third-order valence-corrected chi connectivity index (χ3v) is 7.35. The summed E-state index contributed by atoms with van der Waals surface area (Å²) in [4.78, 5) is 0.312. The first-order valence-corrected chi connectivity index (χ1v) is 9.85. The molecule has 1 heterocycles. The number of hydrogen-bond donors (Lipinski definition) is 1. The molecule has 1 aromatic carbocycles. The number of nitrogens with zero attached hydrogens (tertiary/aromatic N) is 1. The van der Waals surface area contributed by atoms with Gasteiger partial charge in [-0.05, 0) is 18.6 Å². The molecule has 0 saturated carbocycles. The highest BCUT2D eigenvalue weighted by Crippen LogP contribution is 2.30. The van der Waals surface area contributed by atoms with Crippen molar-refractivity contribution < 1.29 is 8.42 Å². The Morgan fingerprint density at radius 2 is 2.29 bits per heavy atom. The van der Waals surface area contributed by atoms with Gasteiger partial charge in [-0.3, -0.25) is 0 Å². The first-order chi connectivity index (χ1) is 9.86. The van der Waals surface area contributed by atoms with Crippen LogP contribution in [-0.4, -0.2) is 41.8 Å². The molecule has 2 rings (SSSR count). The highest BCUT2D eigenvalue weighted by atomic mass is 35.5. The third-order valence-electron chi connectivity index (χ3n) is 3.39. The van der Waals surface area contributed by atoms with Crippen LogP contribution in [0.4, 0.5) is 0 Å². The smallest absolute Gasteiger partial charge is 0.244 e. The Kier molecular flexibility index (Phi) is 5.54. The lowest BCUT2D eigenvalue weighted by Crippen LogP contribution is -2.41. The highest BCUT2D eigenvalue weighted by Gasteiger charge is 2.31. The van der Waals surface area contributed by atoms with Crippen molar-refractivity contribution in [2.45, 2.75) is 23.5 Å². The first kappa shape index (κ1) is 17.0. The molecule has 0 bridgehead atoms. The summed E-state index contributed by atoms with van der Waals surface area (Å²) in [6.45, 7) is 3.10. The summed E-state index contributed by atoms with van der Waals surface area (Å²) in [5.74, 6) is 0.806. The fourth-order valence-corrected chi connectivity index (χ4v) is 5.68. The van der Waals surface area contributed by atoms with E-state index < -0.39 is 10.0 Å². The maximum atomic E-state index is 12.7. The van der Waals surface area contributed by atoms with Gasteiger partial charge in [0, 0.05) is 29.7 Å². The lowest BCUT2D eigenvalue weighted by atomic mass is 10.2. The summed E-state index contributed by atoms with van der Waals surface area (Å²) < 4.78 is 27.0. The fourth-order valence-electron chi connectivity index (χ4n) is 2.16. The Bertz CT molecular complexity index is 649. The van der Waals surface area contributed by atoms with Crippen LogP contribution in [0.1, 0.15) is 18.9 Å². The maximum absolute atomic E-state index is 12.7. The number of benzene rings is 1. The van der Waals surface area contributed by atoms with Crippen LogP contribution in [0.2, 0.25) is 5.02 Å². The van der Waals surface area contributed by atoms with E-state index in [9.17, 15) is 8.42 Å². The minimum absolute atomic E-state index is 0.117. The van der Waals surface area contributed by atoms with Gasteiger partial charge in [-0.25, -0.2) is 8.42 Å². The third kappa shape index (κ3) is 3.71. The van der Waals surface area contributed by atoms with E-state index >= 15 is 0 Å². The predicted molar refractivity (Wildman–Crippen MR) is 92.6 cm³/mol. The van der Waals surface area contributed by atoms with Gasteiger partial charge in [0.15, 0.2) is 0 Å². The molecular weight excluding hydrogens is 348 g/mol. The van der Waals surface area contributed by atoms with Gasteiger partial charge in [0.25, 0.3) is 0 Å². The van der Waals surface area contributed by atoms with E-state index in [0.29, 0.717) is 23.9 Å². The van der Waals surface area contributed by atoms with Crippen molar-refractivity contribution in [2.24, 2.45) is 5.73 Å². The molecule has 1 aromatic rings. The van der Waals surface area contributed by atoms with E-state index in [1.54, 1.807) is 6.07 Å². The molecule has 1 unspecified atom stereocenters. The Morgan fingerprint density at radius 3 is 2.86 bits per heavy atom. The van der Waals surface area contributed by atoms with E-state index in [1.165, 1.54) is 16.4 Å². The van der Waals surface area contributed by atoms with Crippen LogP contribution in [0, 0.1) is 0 Å². The molecule has 4 nitrogen and oxygen atoms in total. The van der Waals surface area contributed by atoms with Gasteiger partial charge in [0.1, 0.15) is 9.88 Å². The zero-order chi connectivity index (χ0) is 15.6. The quantitative estimate of drug-likeness (QED) is 0.831. The van der Waals surface area contributed by atoms with Crippen LogP contribution in [0.15, 0.2) is 23.1 Å². The molecule has 0 amide bonds. The average molecular weight is 365 g/mol. The van der Waals surface area contributed by atoms with Gasteiger partial charge in [-0.15, -0.1) is 0 Å². The lowest BCUT2D eigenvalue weighted by Gasteiger charge is -2.31. The number of hydrogen-bond acceptors (Lipinski definition) is 4. The first-order valence-electron chi connectivity index (χ1n) is 6.57. The van der Waals surface area contributed by atoms with Gasteiger partial charge in [0.05, 0.1) is 5.02 Å². The van der Waals surface area contributed by atoms with Crippen LogP contribution in [-0.2, 0) is 10.0 Å². The van der Waals surface area contributed by atoms with Crippen molar-refractivity contribution >= 4 is 50.6 Å². The van der Waals surface area contributed by atoms with Crippen LogP contribution in [0.25, 0.3) is 0 Å². The summed E-state index contributed by atoms with van der Waals surface area (Å²) in [6.07, 6.45) is 0.949.